The van der Waals surface area contributed by atoms with Crippen molar-refractivity contribution in [2.75, 3.05) is 13.2 Å². The minimum atomic E-state index is -1.14. The molecule has 0 spiro atoms. The lowest BCUT2D eigenvalue weighted by Gasteiger charge is -2.45. The Bertz CT molecular complexity index is 853. The van der Waals surface area contributed by atoms with Crippen LogP contribution in [-0.4, -0.2) is 86.0 Å². The minimum absolute atomic E-state index is 0.219. The molecule has 13 nitrogen and oxygen atoms in total. The minimum Gasteiger partial charge on any atom is -0.492 e. The molecule has 8 atom stereocenters. The summed E-state index contributed by atoms with van der Waals surface area (Å²) in [6.07, 6.45) is -4.43. The summed E-state index contributed by atoms with van der Waals surface area (Å²) in [5, 5.41) is 0. The van der Waals surface area contributed by atoms with Gasteiger partial charge in [0, 0.05) is 40.5 Å². The Morgan fingerprint density at radius 3 is 1.75 bits per heavy atom. The van der Waals surface area contributed by atoms with E-state index >= 15 is 0 Å². The molecule has 0 N–H and O–H groups in total. The lowest BCUT2D eigenvalue weighted by molar-refractivity contribution is -0.312. The molecule has 0 unspecified atom stereocenters. The quantitative estimate of drug-likeness (QED) is 0.309. The normalized spacial score (nSPS) is 31.4. The van der Waals surface area contributed by atoms with Crippen LogP contribution < -0.4 is 0 Å². The molecule has 0 bridgehead atoms. The van der Waals surface area contributed by atoms with E-state index in [0.717, 1.165) is 0 Å². The van der Waals surface area contributed by atoms with Gasteiger partial charge in [-0.3, -0.25) is 24.0 Å². The van der Waals surface area contributed by atoms with E-state index in [1.807, 2.05) is 0 Å². The molecule has 13 heteroatoms. The Morgan fingerprint density at radius 2 is 1.22 bits per heavy atom. The summed E-state index contributed by atoms with van der Waals surface area (Å²) in [6, 6.07) is 0. The summed E-state index contributed by atoms with van der Waals surface area (Å²) in [6.45, 7) is 7.09. The molecular weight excluding hydrogens is 484 g/mol. The first-order valence-corrected chi connectivity index (χ1v) is 11.3. The van der Waals surface area contributed by atoms with Crippen LogP contribution >= 0.6 is 0 Å². The average molecular weight is 516 g/mol. The Morgan fingerprint density at radius 1 is 0.694 bits per heavy atom. The summed E-state index contributed by atoms with van der Waals surface area (Å²) < 4.78 is 44.0. The van der Waals surface area contributed by atoms with Crippen molar-refractivity contribution in [1.82, 2.24) is 0 Å². The average Bonchev–Trinajstić information content (AvgIpc) is 2.76. The van der Waals surface area contributed by atoms with Gasteiger partial charge in [-0.2, -0.15) is 0 Å². The van der Waals surface area contributed by atoms with Crippen LogP contribution in [0.1, 0.15) is 41.5 Å². The highest BCUT2D eigenvalue weighted by atomic mass is 16.7. The third-order valence-electron chi connectivity index (χ3n) is 5.26. The van der Waals surface area contributed by atoms with E-state index < -0.39 is 78.7 Å². The Kier molecular flexibility index (Phi) is 10.7. The SMILES string of the molecule is CC(=O)OC[C@H]1O[C@@H](O[C@H]2[C@H](OC(C)=O)C=CO[C@@H]2COC(C)=O)[C@H](C)[C@@H](OC(C)=O)[C@H]1OC(C)=O. The van der Waals surface area contributed by atoms with Crippen LogP contribution in [0.4, 0.5) is 0 Å². The zero-order valence-corrected chi connectivity index (χ0v) is 21.0. The van der Waals surface area contributed by atoms with Crippen LogP contribution in [0.25, 0.3) is 0 Å². The van der Waals surface area contributed by atoms with Crippen LogP contribution in [0.15, 0.2) is 12.3 Å². The first-order valence-electron chi connectivity index (χ1n) is 11.3. The molecule has 0 saturated carbocycles. The standard InChI is InChI=1S/C23H32O13/c1-11-20(33-15(5)27)22(34-16(6)28)19(10-31-13(3)25)35-23(11)36-21-17(32-14(4)26)7-8-29-18(21)9-30-12(2)24/h7-8,11,17-23H,9-10H2,1-6H3/t11-,17-,18-,19-,20-,21+,22+,23+/m1/s1. The molecule has 0 aromatic heterocycles. The van der Waals surface area contributed by atoms with Gasteiger partial charge < -0.3 is 37.9 Å². The fourth-order valence-corrected chi connectivity index (χ4v) is 3.80. The largest absolute Gasteiger partial charge is 0.492 e. The molecule has 0 aliphatic carbocycles. The Balaban J connectivity index is 2.37. The van der Waals surface area contributed by atoms with Gasteiger partial charge in [0.15, 0.2) is 24.6 Å². The molecule has 2 aliphatic rings. The van der Waals surface area contributed by atoms with Crippen molar-refractivity contribution in [2.45, 2.75) is 84.5 Å². The molecule has 0 amide bonds. The number of esters is 5. The van der Waals surface area contributed by atoms with Crippen molar-refractivity contribution in [2.24, 2.45) is 5.92 Å². The molecule has 2 rings (SSSR count). The van der Waals surface area contributed by atoms with Gasteiger partial charge in [-0.15, -0.1) is 0 Å². The molecule has 0 radical (unpaired) electrons. The maximum Gasteiger partial charge on any atom is 0.303 e. The number of ether oxygens (including phenoxy) is 8. The van der Waals surface area contributed by atoms with Crippen molar-refractivity contribution in [3.8, 4) is 0 Å². The second kappa shape index (κ2) is 13.2. The molecule has 0 aromatic carbocycles. The predicted octanol–water partition coefficient (Wildman–Crippen LogP) is 0.566. The van der Waals surface area contributed by atoms with Crippen LogP contribution in [0.2, 0.25) is 0 Å². The van der Waals surface area contributed by atoms with E-state index in [1.165, 1.54) is 47.0 Å². The first kappa shape index (κ1) is 29.0. The zero-order valence-electron chi connectivity index (χ0n) is 21.0. The molecule has 1 saturated heterocycles. The van der Waals surface area contributed by atoms with Crippen LogP contribution in [0, 0.1) is 5.92 Å². The second-order valence-corrected chi connectivity index (χ2v) is 8.33. The highest BCUT2D eigenvalue weighted by Gasteiger charge is 2.51. The fraction of sp³-hybridized carbons (Fsp3) is 0.696. The molecular formula is C23H32O13. The number of rotatable bonds is 9. The number of hydrogen-bond acceptors (Lipinski definition) is 13. The molecule has 2 aliphatic heterocycles. The summed E-state index contributed by atoms with van der Waals surface area (Å²) in [4.78, 5) is 58.1. The monoisotopic (exact) mass is 516 g/mol. The van der Waals surface area contributed by atoms with Crippen LogP contribution in [-0.2, 0) is 61.9 Å². The van der Waals surface area contributed by atoms with E-state index in [2.05, 4.69) is 0 Å². The maximum atomic E-state index is 11.9. The number of carbonyl (C=O) groups is 5. The van der Waals surface area contributed by atoms with E-state index in [9.17, 15) is 24.0 Å². The number of carbonyl (C=O) groups excluding carboxylic acids is 5. The summed E-state index contributed by atoms with van der Waals surface area (Å²) in [5.41, 5.74) is 0. The molecule has 202 valence electrons. The summed E-state index contributed by atoms with van der Waals surface area (Å²) >= 11 is 0. The van der Waals surface area contributed by atoms with Crippen molar-refractivity contribution >= 4 is 29.8 Å². The zero-order chi connectivity index (χ0) is 27.0. The van der Waals surface area contributed by atoms with Crippen LogP contribution in [0.3, 0.4) is 0 Å². The fourth-order valence-electron chi connectivity index (χ4n) is 3.80. The highest BCUT2D eigenvalue weighted by Crippen LogP contribution is 2.34. The molecule has 1 fully saturated rings. The van der Waals surface area contributed by atoms with Gasteiger partial charge in [0.2, 0.25) is 0 Å². The smallest absolute Gasteiger partial charge is 0.303 e. The first-order chi connectivity index (χ1) is 16.9. The third kappa shape index (κ3) is 8.48. The predicted molar refractivity (Wildman–Crippen MR) is 117 cm³/mol. The summed E-state index contributed by atoms with van der Waals surface area (Å²) in [7, 11) is 0. The van der Waals surface area contributed by atoms with E-state index in [0.29, 0.717) is 0 Å². The van der Waals surface area contributed by atoms with Gasteiger partial charge in [-0.05, 0) is 6.08 Å². The van der Waals surface area contributed by atoms with Crippen LogP contribution in [0.5, 0.6) is 0 Å². The van der Waals surface area contributed by atoms with E-state index in [4.69, 9.17) is 37.9 Å². The van der Waals surface area contributed by atoms with Crippen molar-refractivity contribution in [3.63, 3.8) is 0 Å². The lowest BCUT2D eigenvalue weighted by atomic mass is 9.91. The third-order valence-corrected chi connectivity index (χ3v) is 5.26. The molecule has 2 heterocycles. The van der Waals surface area contributed by atoms with Crippen molar-refractivity contribution < 1.29 is 61.9 Å². The second-order valence-electron chi connectivity index (χ2n) is 8.33. The van der Waals surface area contributed by atoms with Gasteiger partial charge in [-0.1, -0.05) is 6.92 Å². The summed E-state index contributed by atoms with van der Waals surface area (Å²) in [5.74, 6) is -3.79. The van der Waals surface area contributed by atoms with Crippen molar-refractivity contribution in [3.05, 3.63) is 12.3 Å². The van der Waals surface area contributed by atoms with Gasteiger partial charge in [0.25, 0.3) is 0 Å². The van der Waals surface area contributed by atoms with Gasteiger partial charge in [0.05, 0.1) is 6.26 Å². The molecule has 0 aromatic rings. The number of hydrogen-bond donors (Lipinski definition) is 0. The maximum absolute atomic E-state index is 11.9. The lowest BCUT2D eigenvalue weighted by Crippen LogP contribution is -2.60. The van der Waals surface area contributed by atoms with Gasteiger partial charge in [0.1, 0.15) is 31.5 Å². The Labute approximate surface area is 208 Å². The van der Waals surface area contributed by atoms with E-state index in [-0.39, 0.29) is 13.2 Å². The van der Waals surface area contributed by atoms with E-state index in [1.54, 1.807) is 6.92 Å². The van der Waals surface area contributed by atoms with Gasteiger partial charge >= 0.3 is 29.8 Å². The highest BCUT2D eigenvalue weighted by molar-refractivity contribution is 5.68. The van der Waals surface area contributed by atoms with Crippen molar-refractivity contribution in [1.29, 1.82) is 0 Å². The molecule has 36 heavy (non-hydrogen) atoms. The Hall–Kier alpha value is -3.19. The van der Waals surface area contributed by atoms with Gasteiger partial charge in [-0.25, -0.2) is 0 Å². The topological polar surface area (TPSA) is 159 Å².